The smallest absolute Gasteiger partial charge is 0.354 e. The van der Waals surface area contributed by atoms with Crippen LogP contribution in [0.15, 0.2) is 18.2 Å². The van der Waals surface area contributed by atoms with Crippen molar-refractivity contribution in [1.29, 1.82) is 0 Å². The fraction of sp³-hybridized carbons (Fsp3) is 0.333. The number of aromatic carboxylic acids is 1. The van der Waals surface area contributed by atoms with Crippen molar-refractivity contribution >= 4 is 35.5 Å². The van der Waals surface area contributed by atoms with Gasteiger partial charge in [0.1, 0.15) is 11.9 Å². The van der Waals surface area contributed by atoms with Gasteiger partial charge in [0.25, 0.3) is 0 Å². The summed E-state index contributed by atoms with van der Waals surface area (Å²) in [5.74, 6) is -0.945. The summed E-state index contributed by atoms with van der Waals surface area (Å²) in [6.45, 7) is 0. The molecule has 1 heterocycles. The number of carboxylic acid groups (broad SMARTS) is 1. The summed E-state index contributed by atoms with van der Waals surface area (Å²) < 4.78 is 0. The number of nitrogens with zero attached hydrogens (tertiary/aromatic N) is 1. The summed E-state index contributed by atoms with van der Waals surface area (Å²) >= 11 is 1.52. The molecule has 0 bridgehead atoms. The molecule has 9 heteroatoms. The number of thioether (sulfide) groups is 1. The fourth-order valence-corrected chi connectivity index (χ4v) is 1.98. The Morgan fingerprint density at radius 3 is 2.71 bits per heavy atom. The van der Waals surface area contributed by atoms with Gasteiger partial charge in [0.15, 0.2) is 5.69 Å². The summed E-state index contributed by atoms with van der Waals surface area (Å²) in [6.07, 6.45) is 2.27. The second kappa shape index (κ2) is 8.10. The normalized spacial score (nSPS) is 11.5. The lowest BCUT2D eigenvalue weighted by Crippen LogP contribution is -2.46. The second-order valence-electron chi connectivity index (χ2n) is 4.05. The van der Waals surface area contributed by atoms with Crippen LogP contribution in [-0.2, 0) is 4.79 Å². The predicted molar refractivity (Wildman–Crippen MR) is 79.3 cm³/mol. The first-order valence-corrected chi connectivity index (χ1v) is 7.39. The van der Waals surface area contributed by atoms with Gasteiger partial charge in [-0.3, -0.25) is 4.79 Å². The molecule has 0 aliphatic carbocycles. The van der Waals surface area contributed by atoms with Crippen LogP contribution in [0.5, 0.6) is 0 Å². The average molecular weight is 312 g/mol. The molecule has 0 radical (unpaired) electrons. The highest BCUT2D eigenvalue weighted by atomic mass is 32.2. The molecule has 21 heavy (non-hydrogen) atoms. The monoisotopic (exact) mass is 312 g/mol. The lowest BCUT2D eigenvalue weighted by Gasteiger charge is -2.16. The summed E-state index contributed by atoms with van der Waals surface area (Å²) in [6, 6.07) is 2.63. The highest BCUT2D eigenvalue weighted by Crippen LogP contribution is 2.08. The van der Waals surface area contributed by atoms with E-state index in [4.69, 9.17) is 10.8 Å². The van der Waals surface area contributed by atoms with Crippen molar-refractivity contribution in [3.63, 3.8) is 0 Å². The summed E-state index contributed by atoms with van der Waals surface area (Å²) in [5.41, 5.74) is 4.85. The molecule has 1 rings (SSSR count). The predicted octanol–water partition coefficient (Wildman–Crippen LogP) is 0.508. The zero-order chi connectivity index (χ0) is 15.8. The van der Waals surface area contributed by atoms with Crippen molar-refractivity contribution in [3.8, 4) is 0 Å². The number of carbonyl (C=O) groups is 3. The molecule has 1 unspecified atom stereocenters. The van der Waals surface area contributed by atoms with E-state index >= 15 is 0 Å². The van der Waals surface area contributed by atoms with Crippen LogP contribution in [0.1, 0.15) is 16.9 Å². The van der Waals surface area contributed by atoms with Crippen LogP contribution in [0.25, 0.3) is 0 Å². The molecule has 5 N–H and O–H groups in total. The number of hydrogen-bond acceptors (Lipinski definition) is 5. The minimum Gasteiger partial charge on any atom is -0.477 e. The Labute approximate surface area is 125 Å². The summed E-state index contributed by atoms with van der Waals surface area (Å²) in [5, 5.41) is 13.6. The first-order chi connectivity index (χ1) is 9.93. The molecule has 0 spiro atoms. The highest BCUT2D eigenvalue weighted by Gasteiger charge is 2.20. The lowest BCUT2D eigenvalue weighted by atomic mass is 10.2. The quantitative estimate of drug-likeness (QED) is 0.579. The van der Waals surface area contributed by atoms with Gasteiger partial charge < -0.3 is 21.5 Å². The van der Waals surface area contributed by atoms with Crippen LogP contribution in [0.2, 0.25) is 0 Å². The Balaban J connectivity index is 2.77. The number of hydrogen-bond donors (Lipinski definition) is 4. The zero-order valence-corrected chi connectivity index (χ0v) is 12.1. The van der Waals surface area contributed by atoms with Crippen LogP contribution in [-0.4, -0.2) is 46.0 Å². The van der Waals surface area contributed by atoms with E-state index in [-0.39, 0.29) is 11.5 Å². The number of aromatic nitrogens is 1. The summed E-state index contributed by atoms with van der Waals surface area (Å²) in [7, 11) is 0. The van der Waals surface area contributed by atoms with Gasteiger partial charge in [0.05, 0.1) is 0 Å². The Morgan fingerprint density at radius 2 is 2.14 bits per heavy atom. The van der Waals surface area contributed by atoms with Gasteiger partial charge in [-0.2, -0.15) is 11.8 Å². The van der Waals surface area contributed by atoms with Crippen LogP contribution >= 0.6 is 11.8 Å². The van der Waals surface area contributed by atoms with Gasteiger partial charge in [-0.05, 0) is 30.6 Å². The molecule has 0 saturated carbocycles. The summed E-state index contributed by atoms with van der Waals surface area (Å²) in [4.78, 5) is 37.5. The third kappa shape index (κ3) is 5.69. The molecule has 1 atom stereocenters. The van der Waals surface area contributed by atoms with Crippen LogP contribution < -0.4 is 16.4 Å². The van der Waals surface area contributed by atoms with Crippen molar-refractivity contribution in [3.05, 3.63) is 23.9 Å². The maximum absolute atomic E-state index is 12.1. The number of urea groups is 1. The topological polar surface area (TPSA) is 134 Å². The van der Waals surface area contributed by atoms with Crippen LogP contribution in [0.3, 0.4) is 0 Å². The van der Waals surface area contributed by atoms with Crippen molar-refractivity contribution in [2.45, 2.75) is 12.5 Å². The molecule has 3 amide bonds. The van der Waals surface area contributed by atoms with Gasteiger partial charge in [0, 0.05) is 0 Å². The minimum atomic E-state index is -1.19. The molecule has 1 aromatic heterocycles. The average Bonchev–Trinajstić information content (AvgIpc) is 2.43. The lowest BCUT2D eigenvalue weighted by molar-refractivity contribution is -0.118. The maximum atomic E-state index is 12.1. The number of amides is 3. The highest BCUT2D eigenvalue weighted by molar-refractivity contribution is 7.98. The van der Waals surface area contributed by atoms with E-state index in [0.29, 0.717) is 12.2 Å². The van der Waals surface area contributed by atoms with Crippen molar-refractivity contribution < 1.29 is 19.5 Å². The molecule has 0 aromatic carbocycles. The number of rotatable bonds is 7. The van der Waals surface area contributed by atoms with Crippen LogP contribution in [0, 0.1) is 0 Å². The Morgan fingerprint density at radius 1 is 1.43 bits per heavy atom. The first kappa shape index (κ1) is 16.8. The Kier molecular flexibility index (Phi) is 6.47. The number of pyridine rings is 1. The standard InChI is InChI=1S/C12H16N4O4S/c1-21-6-5-7(15-12(13)20)10(17)16-9-4-2-3-8(14-9)11(18)19/h2-4,7H,5-6H2,1H3,(H,18,19)(H3,13,15,20)(H,14,16,17). The molecule has 114 valence electrons. The number of nitrogens with one attached hydrogen (secondary N) is 2. The van der Waals surface area contributed by atoms with E-state index < -0.39 is 23.9 Å². The molecular weight excluding hydrogens is 296 g/mol. The van der Waals surface area contributed by atoms with E-state index in [2.05, 4.69) is 15.6 Å². The zero-order valence-electron chi connectivity index (χ0n) is 11.3. The van der Waals surface area contributed by atoms with Gasteiger partial charge in [-0.15, -0.1) is 0 Å². The molecule has 1 aromatic rings. The Hall–Kier alpha value is -2.29. The molecule has 0 aliphatic heterocycles. The van der Waals surface area contributed by atoms with Crippen molar-refractivity contribution in [2.24, 2.45) is 5.73 Å². The SMILES string of the molecule is CSCCC(NC(N)=O)C(=O)Nc1cccc(C(=O)O)n1. The van der Waals surface area contributed by atoms with Gasteiger partial charge in [-0.25, -0.2) is 14.6 Å². The molecule has 0 saturated heterocycles. The molecule has 0 fully saturated rings. The number of anilines is 1. The van der Waals surface area contributed by atoms with E-state index in [1.54, 1.807) is 0 Å². The van der Waals surface area contributed by atoms with Gasteiger partial charge in [-0.1, -0.05) is 6.07 Å². The number of primary amides is 1. The van der Waals surface area contributed by atoms with E-state index in [9.17, 15) is 14.4 Å². The molecule has 8 nitrogen and oxygen atoms in total. The minimum absolute atomic E-state index is 0.0975. The third-order valence-corrected chi connectivity index (χ3v) is 3.11. The molecular formula is C12H16N4O4S. The van der Waals surface area contributed by atoms with Crippen molar-refractivity contribution in [1.82, 2.24) is 10.3 Å². The maximum Gasteiger partial charge on any atom is 0.354 e. The van der Waals surface area contributed by atoms with Gasteiger partial charge in [0.2, 0.25) is 5.91 Å². The second-order valence-corrected chi connectivity index (χ2v) is 5.03. The van der Waals surface area contributed by atoms with Gasteiger partial charge >= 0.3 is 12.0 Å². The van der Waals surface area contributed by atoms with Crippen LogP contribution in [0.4, 0.5) is 10.6 Å². The Bertz CT molecular complexity index is 538. The number of carbonyl (C=O) groups excluding carboxylic acids is 2. The first-order valence-electron chi connectivity index (χ1n) is 6.00. The number of carboxylic acids is 1. The van der Waals surface area contributed by atoms with E-state index in [0.717, 1.165) is 0 Å². The van der Waals surface area contributed by atoms with Crippen molar-refractivity contribution in [2.75, 3.05) is 17.3 Å². The van der Waals surface area contributed by atoms with E-state index in [1.807, 2.05) is 6.26 Å². The third-order valence-electron chi connectivity index (χ3n) is 2.46. The molecule has 0 aliphatic rings. The number of nitrogens with two attached hydrogens (primary N) is 1. The fourth-order valence-electron chi connectivity index (χ4n) is 1.51. The largest absolute Gasteiger partial charge is 0.477 e. The van der Waals surface area contributed by atoms with E-state index in [1.165, 1.54) is 30.0 Å².